The Morgan fingerprint density at radius 1 is 1.50 bits per heavy atom. The zero-order valence-corrected chi connectivity index (χ0v) is 6.52. The summed E-state index contributed by atoms with van der Waals surface area (Å²) >= 11 is 0. The first kappa shape index (κ1) is 9.03. The second kappa shape index (κ2) is 3.56. The van der Waals surface area contributed by atoms with E-state index < -0.39 is 18.8 Å². The van der Waals surface area contributed by atoms with Crippen molar-refractivity contribution in [2.45, 2.75) is 20.0 Å². The average Bonchev–Trinajstić information content (AvgIpc) is 2.03. The van der Waals surface area contributed by atoms with Gasteiger partial charge in [0.15, 0.2) is 0 Å². The Morgan fingerprint density at radius 3 is 2.58 bits per heavy atom. The smallest absolute Gasteiger partial charge is 0.255 e. The number of rotatable bonds is 2. The predicted octanol–water partition coefficient (Wildman–Crippen LogP) is 2.80. The molecule has 0 spiro atoms. The van der Waals surface area contributed by atoms with Gasteiger partial charge < -0.3 is 0 Å². The minimum absolute atomic E-state index is 0.00694. The SMILES string of the molecule is Cc1ccnc(C(F)F)c1CF. The topological polar surface area (TPSA) is 12.9 Å². The molecule has 0 bridgehead atoms. The van der Waals surface area contributed by atoms with E-state index in [1.54, 1.807) is 6.92 Å². The van der Waals surface area contributed by atoms with E-state index in [0.29, 0.717) is 5.56 Å². The third-order valence-electron chi connectivity index (χ3n) is 1.66. The summed E-state index contributed by atoms with van der Waals surface area (Å²) in [6, 6.07) is 1.51. The Kier molecular flexibility index (Phi) is 2.68. The van der Waals surface area contributed by atoms with Crippen LogP contribution in [-0.4, -0.2) is 4.98 Å². The summed E-state index contributed by atoms with van der Waals surface area (Å²) in [5, 5.41) is 0. The second-order valence-electron chi connectivity index (χ2n) is 2.43. The van der Waals surface area contributed by atoms with Crippen LogP contribution in [0.25, 0.3) is 0 Å². The third kappa shape index (κ3) is 1.57. The summed E-state index contributed by atoms with van der Waals surface area (Å²) in [4.78, 5) is 3.42. The van der Waals surface area contributed by atoms with Gasteiger partial charge in [-0.2, -0.15) is 0 Å². The van der Waals surface area contributed by atoms with Crippen molar-refractivity contribution in [1.82, 2.24) is 4.98 Å². The van der Waals surface area contributed by atoms with E-state index in [2.05, 4.69) is 4.98 Å². The molecule has 1 heterocycles. The maximum Gasteiger partial charge on any atom is 0.280 e. The monoisotopic (exact) mass is 175 g/mol. The molecule has 0 N–H and O–H groups in total. The molecule has 0 aliphatic rings. The molecular weight excluding hydrogens is 167 g/mol. The standard InChI is InChI=1S/C8H8F3N/c1-5-2-3-12-7(8(10)11)6(5)4-9/h2-3,8H,4H2,1H3. The summed E-state index contributed by atoms with van der Waals surface area (Å²) in [5.41, 5.74) is 0.0767. The van der Waals surface area contributed by atoms with Gasteiger partial charge in [0.25, 0.3) is 6.43 Å². The highest BCUT2D eigenvalue weighted by atomic mass is 19.3. The Hall–Kier alpha value is -1.06. The molecule has 1 nitrogen and oxygen atoms in total. The molecule has 0 unspecified atom stereocenters. The molecule has 4 heteroatoms. The molecule has 0 fully saturated rings. The molecule has 66 valence electrons. The van der Waals surface area contributed by atoms with Crippen LogP contribution in [0.1, 0.15) is 23.2 Å². The molecule has 1 aromatic heterocycles. The van der Waals surface area contributed by atoms with E-state index in [9.17, 15) is 13.2 Å². The van der Waals surface area contributed by atoms with Gasteiger partial charge in [0.05, 0.1) is 0 Å². The van der Waals surface area contributed by atoms with Crippen LogP contribution in [0.3, 0.4) is 0 Å². The highest BCUT2D eigenvalue weighted by Gasteiger charge is 2.15. The van der Waals surface area contributed by atoms with Crippen LogP contribution < -0.4 is 0 Å². The van der Waals surface area contributed by atoms with Crippen LogP contribution in [0, 0.1) is 6.92 Å². The number of halogens is 3. The van der Waals surface area contributed by atoms with Gasteiger partial charge >= 0.3 is 0 Å². The zero-order chi connectivity index (χ0) is 9.14. The van der Waals surface area contributed by atoms with Gasteiger partial charge in [-0.25, -0.2) is 13.2 Å². The largest absolute Gasteiger partial charge is 0.280 e. The van der Waals surface area contributed by atoms with Crippen LogP contribution in [-0.2, 0) is 6.67 Å². The molecule has 0 aliphatic carbocycles. The van der Waals surface area contributed by atoms with Crippen molar-refractivity contribution < 1.29 is 13.2 Å². The predicted molar refractivity (Wildman–Crippen MR) is 38.7 cm³/mol. The zero-order valence-electron chi connectivity index (χ0n) is 6.52. The summed E-state index contributed by atoms with van der Waals surface area (Å²) in [6.45, 7) is 0.696. The quantitative estimate of drug-likeness (QED) is 0.673. The summed E-state index contributed by atoms with van der Waals surface area (Å²) in [7, 11) is 0. The molecule has 0 radical (unpaired) electrons. The molecule has 1 aromatic rings. The Labute approximate surface area is 68.2 Å². The van der Waals surface area contributed by atoms with Crippen molar-refractivity contribution in [2.24, 2.45) is 0 Å². The van der Waals surface area contributed by atoms with Crippen LogP contribution >= 0.6 is 0 Å². The Balaban J connectivity index is 3.18. The molecule has 0 aromatic carbocycles. The molecular formula is C8H8F3N. The van der Waals surface area contributed by atoms with E-state index in [4.69, 9.17) is 0 Å². The Bertz CT molecular complexity index is 273. The highest BCUT2D eigenvalue weighted by Crippen LogP contribution is 2.23. The molecule has 12 heavy (non-hydrogen) atoms. The normalized spacial score (nSPS) is 10.8. The lowest BCUT2D eigenvalue weighted by atomic mass is 10.1. The summed E-state index contributed by atoms with van der Waals surface area (Å²) in [5.74, 6) is 0. The first-order valence-electron chi connectivity index (χ1n) is 3.45. The fourth-order valence-electron chi connectivity index (χ4n) is 0.972. The van der Waals surface area contributed by atoms with Gasteiger partial charge in [-0.3, -0.25) is 4.98 Å². The van der Waals surface area contributed by atoms with Crippen LogP contribution in [0.2, 0.25) is 0 Å². The lowest BCUT2D eigenvalue weighted by molar-refractivity contribution is 0.143. The van der Waals surface area contributed by atoms with Crippen molar-refractivity contribution in [3.8, 4) is 0 Å². The van der Waals surface area contributed by atoms with Gasteiger partial charge in [0.1, 0.15) is 12.4 Å². The molecule has 0 aliphatic heterocycles. The maximum atomic E-state index is 12.2. The van der Waals surface area contributed by atoms with E-state index in [-0.39, 0.29) is 5.56 Å². The minimum Gasteiger partial charge on any atom is -0.255 e. The number of nitrogens with zero attached hydrogens (tertiary/aromatic N) is 1. The number of hydrogen-bond donors (Lipinski definition) is 0. The van der Waals surface area contributed by atoms with Crippen molar-refractivity contribution >= 4 is 0 Å². The van der Waals surface area contributed by atoms with E-state index in [1.165, 1.54) is 12.3 Å². The fraction of sp³-hybridized carbons (Fsp3) is 0.375. The second-order valence-corrected chi connectivity index (χ2v) is 2.43. The number of pyridine rings is 1. The lowest BCUT2D eigenvalue weighted by Gasteiger charge is -2.06. The lowest BCUT2D eigenvalue weighted by Crippen LogP contribution is -1.98. The van der Waals surface area contributed by atoms with Crippen LogP contribution in [0.4, 0.5) is 13.2 Å². The van der Waals surface area contributed by atoms with Crippen molar-refractivity contribution in [1.29, 1.82) is 0 Å². The number of aryl methyl sites for hydroxylation is 1. The molecule has 1 rings (SSSR count). The molecule has 0 atom stereocenters. The maximum absolute atomic E-state index is 12.2. The summed E-state index contributed by atoms with van der Waals surface area (Å²) < 4.78 is 36.6. The Morgan fingerprint density at radius 2 is 2.17 bits per heavy atom. The van der Waals surface area contributed by atoms with E-state index in [0.717, 1.165) is 0 Å². The summed E-state index contributed by atoms with van der Waals surface area (Å²) in [6.07, 6.45) is -1.44. The van der Waals surface area contributed by atoms with E-state index >= 15 is 0 Å². The van der Waals surface area contributed by atoms with E-state index in [1.807, 2.05) is 0 Å². The van der Waals surface area contributed by atoms with Crippen LogP contribution in [0.5, 0.6) is 0 Å². The number of aromatic nitrogens is 1. The van der Waals surface area contributed by atoms with Crippen molar-refractivity contribution in [2.75, 3.05) is 0 Å². The van der Waals surface area contributed by atoms with Gasteiger partial charge in [-0.05, 0) is 18.6 Å². The van der Waals surface area contributed by atoms with Crippen LogP contribution in [0.15, 0.2) is 12.3 Å². The third-order valence-corrected chi connectivity index (χ3v) is 1.66. The number of alkyl halides is 3. The average molecular weight is 175 g/mol. The van der Waals surface area contributed by atoms with Crippen molar-refractivity contribution in [3.63, 3.8) is 0 Å². The molecule has 0 amide bonds. The van der Waals surface area contributed by atoms with Gasteiger partial charge in [-0.15, -0.1) is 0 Å². The first-order chi connectivity index (χ1) is 5.66. The van der Waals surface area contributed by atoms with Crippen molar-refractivity contribution in [3.05, 3.63) is 29.1 Å². The van der Waals surface area contributed by atoms with Gasteiger partial charge in [0, 0.05) is 11.8 Å². The minimum atomic E-state index is -2.70. The number of hydrogen-bond acceptors (Lipinski definition) is 1. The van der Waals surface area contributed by atoms with Gasteiger partial charge in [-0.1, -0.05) is 0 Å². The molecule has 0 saturated heterocycles. The first-order valence-corrected chi connectivity index (χ1v) is 3.45. The highest BCUT2D eigenvalue weighted by molar-refractivity contribution is 5.28. The molecule has 0 saturated carbocycles. The fourth-order valence-corrected chi connectivity index (χ4v) is 0.972. The van der Waals surface area contributed by atoms with Gasteiger partial charge in [0.2, 0.25) is 0 Å².